The Hall–Kier alpha value is -5.47. The van der Waals surface area contributed by atoms with E-state index in [4.69, 9.17) is 9.60 Å². The van der Waals surface area contributed by atoms with Crippen LogP contribution in [-0.2, 0) is 0 Å². The Bertz CT molecular complexity index is 2730. The van der Waals surface area contributed by atoms with E-state index < -0.39 is 43.1 Å². The Balaban J connectivity index is 1.67. The van der Waals surface area contributed by atoms with E-state index in [9.17, 15) is 5.48 Å². The lowest BCUT2D eigenvalue weighted by molar-refractivity contribution is 1.00. The number of benzene rings is 7. The fourth-order valence-corrected chi connectivity index (χ4v) is 5.88. The van der Waals surface area contributed by atoms with Crippen LogP contribution in [0.2, 0.25) is 0 Å². The summed E-state index contributed by atoms with van der Waals surface area (Å²) in [5, 5.41) is 0.180. The topological polar surface area (TPSA) is 17.8 Å². The van der Waals surface area contributed by atoms with E-state index in [2.05, 4.69) is 4.98 Å². The van der Waals surface area contributed by atoms with Gasteiger partial charge < -0.3 is 0 Å². The lowest BCUT2D eigenvalue weighted by atomic mass is 9.83. The van der Waals surface area contributed by atoms with Crippen molar-refractivity contribution in [1.29, 1.82) is 0 Å². The minimum Gasteiger partial charge on any atom is -0.296 e. The largest absolute Gasteiger partial charge is 0.296 e. The van der Waals surface area contributed by atoms with Crippen molar-refractivity contribution in [2.45, 2.75) is 6.85 Å². The molecular formula is C40H28N2. The molecule has 1 aromatic heterocycles. The molecule has 2 nitrogen and oxygen atoms in total. The molecule has 0 aliphatic carbocycles. The smallest absolute Gasteiger partial charge is 0.111 e. The minimum absolute atomic E-state index is 0.0266. The third kappa shape index (κ3) is 3.77. The maximum absolute atomic E-state index is 9.41. The van der Waals surface area contributed by atoms with E-state index in [0.29, 0.717) is 27.8 Å². The van der Waals surface area contributed by atoms with E-state index >= 15 is 0 Å². The third-order valence-electron chi connectivity index (χ3n) is 7.63. The summed E-state index contributed by atoms with van der Waals surface area (Å²) < 4.78 is 99.7. The van der Waals surface area contributed by atoms with E-state index in [1.54, 1.807) is 60.7 Å². The van der Waals surface area contributed by atoms with Crippen LogP contribution >= 0.6 is 0 Å². The second-order valence-corrected chi connectivity index (χ2v) is 9.94. The Morgan fingerprint density at radius 2 is 1.07 bits per heavy atom. The monoisotopic (exact) mass is 547 g/mol. The van der Waals surface area contributed by atoms with Gasteiger partial charge in [-0.05, 0) is 74.4 Å². The maximum Gasteiger partial charge on any atom is 0.111 e. The fraction of sp³-hybridized carbons (Fsp3) is 0.0250. The number of imidazole rings is 1. The molecule has 0 saturated carbocycles. The highest BCUT2D eigenvalue weighted by molar-refractivity contribution is 6.23. The molecule has 0 atom stereocenters. The molecule has 0 spiro atoms. The summed E-state index contributed by atoms with van der Waals surface area (Å²) in [4.78, 5) is 4.48. The number of hydrogen-bond donors (Lipinski definition) is 0. The lowest BCUT2D eigenvalue weighted by Crippen LogP contribution is -2.00. The first-order chi connectivity index (χ1) is 25.3. The number of aryl methyl sites for hydroxylation is 1. The first-order valence-electron chi connectivity index (χ1n) is 19.0. The average Bonchev–Trinajstić information content (AvgIpc) is 3.57. The molecule has 1 heterocycles. The summed E-state index contributed by atoms with van der Waals surface area (Å²) in [6.07, 6.45) is 0. The Kier molecular flexibility index (Phi) is 3.64. The van der Waals surface area contributed by atoms with Crippen LogP contribution in [-0.4, -0.2) is 9.55 Å². The van der Waals surface area contributed by atoms with Gasteiger partial charge in [0.15, 0.2) is 0 Å². The van der Waals surface area contributed by atoms with Gasteiger partial charge in [0.2, 0.25) is 0 Å². The molecule has 2 heteroatoms. The van der Waals surface area contributed by atoms with Crippen molar-refractivity contribution in [3.05, 3.63) is 157 Å². The molecule has 0 aliphatic rings. The van der Waals surface area contributed by atoms with Crippen LogP contribution in [0.5, 0.6) is 0 Å². The van der Waals surface area contributed by atoms with Crippen LogP contribution < -0.4 is 0 Å². The van der Waals surface area contributed by atoms with Crippen molar-refractivity contribution in [3.63, 3.8) is 0 Å². The van der Waals surface area contributed by atoms with Crippen LogP contribution in [0.1, 0.15) is 20.9 Å². The zero-order chi connectivity index (χ0) is 37.5. The minimum atomic E-state index is -2.67. The summed E-state index contributed by atoms with van der Waals surface area (Å²) in [5.41, 5.74) is 3.80. The molecule has 42 heavy (non-hydrogen) atoms. The Morgan fingerprint density at radius 1 is 0.548 bits per heavy atom. The first-order valence-corrected chi connectivity index (χ1v) is 13.5. The second kappa shape index (κ2) is 9.87. The van der Waals surface area contributed by atoms with Crippen LogP contribution in [0, 0.1) is 6.85 Å². The molecule has 0 N–H and O–H groups in total. The molecule has 0 saturated heterocycles. The van der Waals surface area contributed by atoms with Crippen molar-refractivity contribution < 1.29 is 15.1 Å². The molecule has 0 fully saturated rings. The third-order valence-corrected chi connectivity index (χ3v) is 7.63. The van der Waals surface area contributed by atoms with Crippen LogP contribution in [0.3, 0.4) is 0 Å². The zero-order valence-electron chi connectivity index (χ0n) is 33.2. The van der Waals surface area contributed by atoms with Crippen molar-refractivity contribution >= 4 is 32.6 Å². The van der Waals surface area contributed by atoms with Crippen LogP contribution in [0.4, 0.5) is 0 Å². The average molecular weight is 548 g/mol. The molecule has 7 aromatic carbocycles. The number of nitrogens with zero attached hydrogens (tertiary/aromatic N) is 2. The van der Waals surface area contributed by atoms with Gasteiger partial charge in [-0.15, -0.1) is 0 Å². The standard InChI is InChI=1S/C40H28N2/c1-27-41-36-24-12-14-26-38(36)42(27)37-25-13-11-23-35(37)40-33-21-9-7-19-31(33)39(32-20-8-10-22-34(32)40)30-18-6-5-17-29(30)28-15-3-2-4-16-28/h2-26H,1H3/i1D3,7D,8D,9D,10D,19D,20D,21D,22D. The highest BCUT2D eigenvalue weighted by Crippen LogP contribution is 2.47. The predicted molar refractivity (Wildman–Crippen MR) is 177 cm³/mol. The highest BCUT2D eigenvalue weighted by Gasteiger charge is 2.21. The van der Waals surface area contributed by atoms with Crippen molar-refractivity contribution in [3.8, 4) is 39.1 Å². The number of fused-ring (bicyclic) bond motifs is 3. The van der Waals surface area contributed by atoms with Gasteiger partial charge in [0.05, 0.1) is 27.7 Å². The molecule has 8 aromatic rings. The van der Waals surface area contributed by atoms with Gasteiger partial charge in [-0.1, -0.05) is 133 Å². The molecule has 0 amide bonds. The molecule has 198 valence electrons. The molecular weight excluding hydrogens is 508 g/mol. The number of rotatable bonds is 4. The number of para-hydroxylation sites is 3. The summed E-state index contributed by atoms with van der Waals surface area (Å²) >= 11 is 0. The van der Waals surface area contributed by atoms with Crippen molar-refractivity contribution in [1.82, 2.24) is 9.55 Å². The molecule has 0 unspecified atom stereocenters. The van der Waals surface area contributed by atoms with Crippen LogP contribution in [0.25, 0.3) is 71.6 Å². The summed E-state index contributed by atoms with van der Waals surface area (Å²) in [6.45, 7) is -2.67. The summed E-state index contributed by atoms with van der Waals surface area (Å²) in [6, 6.07) is 26.7. The van der Waals surface area contributed by atoms with Crippen LogP contribution in [0.15, 0.2) is 151 Å². The second-order valence-electron chi connectivity index (χ2n) is 9.94. The molecule has 8 rings (SSSR count). The Morgan fingerprint density at radius 3 is 1.74 bits per heavy atom. The Labute approximate surface area is 260 Å². The number of hydrogen-bond acceptors (Lipinski definition) is 1. The normalized spacial score (nSPS) is 15.5. The fourth-order valence-electron chi connectivity index (χ4n) is 5.88. The highest BCUT2D eigenvalue weighted by atomic mass is 15.1. The van der Waals surface area contributed by atoms with Gasteiger partial charge in [-0.3, -0.25) is 4.57 Å². The maximum atomic E-state index is 9.41. The summed E-state index contributed by atoms with van der Waals surface area (Å²) in [5.74, 6) is -0.239. The van der Waals surface area contributed by atoms with Gasteiger partial charge in [-0.2, -0.15) is 0 Å². The van der Waals surface area contributed by atoms with Crippen molar-refractivity contribution in [2.24, 2.45) is 0 Å². The van der Waals surface area contributed by atoms with Gasteiger partial charge >= 0.3 is 0 Å². The predicted octanol–water partition coefficient (Wildman–Crippen LogP) is 10.6. The van der Waals surface area contributed by atoms with Gasteiger partial charge in [0.1, 0.15) is 5.82 Å². The van der Waals surface area contributed by atoms with E-state index in [0.717, 1.165) is 5.56 Å². The lowest BCUT2D eigenvalue weighted by Gasteiger charge is -2.21. The molecule has 0 bridgehead atoms. The van der Waals surface area contributed by atoms with Gasteiger partial charge in [-0.25, -0.2) is 4.98 Å². The molecule has 0 radical (unpaired) electrons. The van der Waals surface area contributed by atoms with Gasteiger partial charge in [0, 0.05) is 9.68 Å². The van der Waals surface area contributed by atoms with E-state index in [-0.39, 0.29) is 56.1 Å². The molecule has 0 aliphatic heterocycles. The first kappa shape index (κ1) is 15.5. The van der Waals surface area contributed by atoms with Crippen molar-refractivity contribution in [2.75, 3.05) is 0 Å². The quantitative estimate of drug-likeness (QED) is 0.200. The van der Waals surface area contributed by atoms with E-state index in [1.807, 2.05) is 42.5 Å². The SMILES string of the molecule is [2H]c1c([2H])c([2H])c2c(-c3ccccc3-n3c(C([2H])([2H])[2H])nc4ccccc43)c3c([2H])c([2H])c([2H])c([2H])c3c(-c3ccccc3-c3ccccc3)c2c1[2H]. The van der Waals surface area contributed by atoms with E-state index in [1.165, 1.54) is 4.57 Å². The summed E-state index contributed by atoms with van der Waals surface area (Å²) in [7, 11) is 0. The van der Waals surface area contributed by atoms with Gasteiger partial charge in [0.25, 0.3) is 0 Å². The number of aromatic nitrogens is 2. The zero-order valence-corrected chi connectivity index (χ0v) is 22.2.